The van der Waals surface area contributed by atoms with E-state index in [0.29, 0.717) is 22.9 Å². The van der Waals surface area contributed by atoms with Crippen LogP contribution in [0.3, 0.4) is 0 Å². The molecule has 1 unspecified atom stereocenters. The first-order valence-corrected chi connectivity index (χ1v) is 10.1. The van der Waals surface area contributed by atoms with Crippen molar-refractivity contribution in [2.24, 2.45) is 46.0 Å². The Hall–Kier alpha value is -0.340. The summed E-state index contributed by atoms with van der Waals surface area (Å²) in [6.45, 7) is 7.39. The summed E-state index contributed by atoms with van der Waals surface area (Å²) in [6, 6.07) is 0.771. The number of nitrogens with two attached hydrogens (primary N) is 2. The number of rotatable bonds is 1. The third-order valence-corrected chi connectivity index (χ3v) is 8.85. The predicted octanol–water partition coefficient (Wildman–Crippen LogP) is 4.24. The molecule has 0 aromatic carbocycles. The molecular weight excluding hydrogens is 280 g/mol. The Morgan fingerprint density at radius 1 is 1.09 bits per heavy atom. The Balaban J connectivity index is 1.65. The van der Waals surface area contributed by atoms with Gasteiger partial charge in [-0.25, -0.2) is 0 Å². The molecule has 130 valence electrons. The lowest BCUT2D eigenvalue weighted by Crippen LogP contribution is -2.52. The summed E-state index contributed by atoms with van der Waals surface area (Å²) in [5, 5.41) is 0. The molecule has 4 N–H and O–H groups in total. The van der Waals surface area contributed by atoms with Gasteiger partial charge in [-0.05, 0) is 92.8 Å². The lowest BCUT2D eigenvalue weighted by atomic mass is 9.47. The molecule has 2 nitrogen and oxygen atoms in total. The normalized spacial score (nSPS) is 53.8. The molecule has 2 heteroatoms. The second-order valence-electron chi connectivity index (χ2n) is 9.85. The van der Waals surface area contributed by atoms with Crippen molar-refractivity contribution in [3.8, 4) is 0 Å². The van der Waals surface area contributed by atoms with Gasteiger partial charge < -0.3 is 11.5 Å². The van der Waals surface area contributed by atoms with Gasteiger partial charge in [0, 0.05) is 12.1 Å². The highest BCUT2D eigenvalue weighted by Crippen LogP contribution is 2.66. The minimum Gasteiger partial charge on any atom is -0.328 e. The number of hydrogen-bond acceptors (Lipinski definition) is 2. The highest BCUT2D eigenvalue weighted by atomic mass is 14.7. The molecule has 0 heterocycles. The fraction of sp³-hybridized carbons (Fsp3) is 0.905. The van der Waals surface area contributed by atoms with Crippen molar-refractivity contribution in [1.82, 2.24) is 0 Å². The highest BCUT2D eigenvalue weighted by molar-refractivity contribution is 5.25. The van der Waals surface area contributed by atoms with E-state index in [2.05, 4.69) is 26.8 Å². The molecular formula is C21H36N2. The molecule has 4 rings (SSSR count). The van der Waals surface area contributed by atoms with Crippen molar-refractivity contribution in [3.63, 3.8) is 0 Å². The predicted molar refractivity (Wildman–Crippen MR) is 96.8 cm³/mol. The van der Waals surface area contributed by atoms with Crippen LogP contribution in [0.5, 0.6) is 0 Å². The first-order chi connectivity index (χ1) is 10.9. The zero-order chi connectivity index (χ0) is 16.4. The fourth-order valence-corrected chi connectivity index (χ4v) is 7.59. The SMILES string of the molecule is C[C@H](N)[C@H]1CC[C@H]2C3CC=C4C[C@@H](N)CC[C@]4(C)[C@H]3CC[C@]12C. The smallest absolute Gasteiger partial charge is 0.00766 e. The van der Waals surface area contributed by atoms with Gasteiger partial charge in [-0.1, -0.05) is 25.5 Å². The second-order valence-corrected chi connectivity index (χ2v) is 9.85. The zero-order valence-electron chi connectivity index (χ0n) is 15.4. The maximum Gasteiger partial charge on any atom is 0.00766 e. The van der Waals surface area contributed by atoms with Crippen molar-refractivity contribution in [2.75, 3.05) is 0 Å². The minimum absolute atomic E-state index is 0.361. The quantitative estimate of drug-likeness (QED) is 0.711. The first kappa shape index (κ1) is 16.1. The molecule has 0 aromatic rings. The van der Waals surface area contributed by atoms with Crippen molar-refractivity contribution in [3.05, 3.63) is 11.6 Å². The van der Waals surface area contributed by atoms with Crippen LogP contribution >= 0.6 is 0 Å². The molecule has 3 saturated carbocycles. The van der Waals surface area contributed by atoms with E-state index in [1.165, 1.54) is 44.9 Å². The molecule has 0 spiro atoms. The highest BCUT2D eigenvalue weighted by Gasteiger charge is 2.58. The molecule has 8 atom stereocenters. The van der Waals surface area contributed by atoms with Gasteiger partial charge in [-0.3, -0.25) is 0 Å². The Morgan fingerprint density at radius 3 is 2.61 bits per heavy atom. The van der Waals surface area contributed by atoms with E-state index in [1.54, 1.807) is 5.57 Å². The van der Waals surface area contributed by atoms with Gasteiger partial charge in [0.15, 0.2) is 0 Å². The van der Waals surface area contributed by atoms with Gasteiger partial charge >= 0.3 is 0 Å². The Morgan fingerprint density at radius 2 is 1.87 bits per heavy atom. The van der Waals surface area contributed by atoms with Crippen LogP contribution < -0.4 is 11.5 Å². The molecule has 0 aromatic heterocycles. The van der Waals surface area contributed by atoms with Crippen LogP contribution in [-0.2, 0) is 0 Å². The summed E-state index contributed by atoms with van der Waals surface area (Å²) in [5.74, 6) is 3.45. The number of fused-ring (bicyclic) bond motifs is 5. The van der Waals surface area contributed by atoms with Crippen molar-refractivity contribution >= 4 is 0 Å². The minimum atomic E-state index is 0.361. The van der Waals surface area contributed by atoms with Gasteiger partial charge in [-0.15, -0.1) is 0 Å². The molecule has 3 fully saturated rings. The molecule has 0 radical (unpaired) electrons. The number of allylic oxidation sites excluding steroid dienone is 1. The Kier molecular flexibility index (Phi) is 3.74. The molecule has 4 aliphatic carbocycles. The summed E-state index contributed by atoms with van der Waals surface area (Å²) in [4.78, 5) is 0. The van der Waals surface area contributed by atoms with Crippen molar-refractivity contribution in [2.45, 2.75) is 84.2 Å². The molecule has 4 aliphatic rings. The fourth-order valence-electron chi connectivity index (χ4n) is 7.59. The third kappa shape index (κ3) is 2.20. The van der Waals surface area contributed by atoms with E-state index in [1.807, 2.05) is 0 Å². The van der Waals surface area contributed by atoms with E-state index >= 15 is 0 Å². The van der Waals surface area contributed by atoms with E-state index in [0.717, 1.165) is 30.1 Å². The van der Waals surface area contributed by atoms with Crippen LogP contribution in [0.1, 0.15) is 72.1 Å². The summed E-state index contributed by atoms with van der Waals surface area (Å²) in [5.41, 5.74) is 15.3. The van der Waals surface area contributed by atoms with E-state index in [-0.39, 0.29) is 0 Å². The molecule has 23 heavy (non-hydrogen) atoms. The van der Waals surface area contributed by atoms with Crippen LogP contribution in [0.15, 0.2) is 11.6 Å². The monoisotopic (exact) mass is 316 g/mol. The van der Waals surface area contributed by atoms with Gasteiger partial charge in [0.2, 0.25) is 0 Å². The third-order valence-electron chi connectivity index (χ3n) is 8.85. The Labute approximate surface area is 142 Å². The van der Waals surface area contributed by atoms with E-state index in [4.69, 9.17) is 11.5 Å². The van der Waals surface area contributed by atoms with Gasteiger partial charge in [-0.2, -0.15) is 0 Å². The topological polar surface area (TPSA) is 52.0 Å². The molecule has 0 saturated heterocycles. The van der Waals surface area contributed by atoms with Crippen LogP contribution in [-0.4, -0.2) is 12.1 Å². The lowest BCUT2D eigenvalue weighted by Gasteiger charge is -2.58. The van der Waals surface area contributed by atoms with Gasteiger partial charge in [0.05, 0.1) is 0 Å². The average Bonchev–Trinajstić information content (AvgIpc) is 2.85. The number of hydrogen-bond donors (Lipinski definition) is 2. The average molecular weight is 317 g/mol. The first-order valence-electron chi connectivity index (χ1n) is 10.1. The molecule has 0 aliphatic heterocycles. The molecule has 0 amide bonds. The zero-order valence-corrected chi connectivity index (χ0v) is 15.4. The van der Waals surface area contributed by atoms with E-state index < -0.39 is 0 Å². The van der Waals surface area contributed by atoms with Crippen LogP contribution in [0.2, 0.25) is 0 Å². The Bertz CT molecular complexity index is 510. The summed E-state index contributed by atoms with van der Waals surface area (Å²) in [6.07, 6.45) is 13.2. The second kappa shape index (κ2) is 5.33. The van der Waals surface area contributed by atoms with Crippen LogP contribution in [0.25, 0.3) is 0 Å². The van der Waals surface area contributed by atoms with E-state index in [9.17, 15) is 0 Å². The lowest BCUT2D eigenvalue weighted by molar-refractivity contribution is -0.0447. The summed E-state index contributed by atoms with van der Waals surface area (Å²) >= 11 is 0. The standard InChI is InChI=1S/C21H36N2/c1-13(22)17-6-7-18-16-5-4-14-12-15(23)8-10-20(14,2)19(16)9-11-21(17,18)3/h4,13,15-19H,5-12,22-23H2,1-3H3/t13-,15-,16?,17+,18-,19-,20-,21+/m0/s1. The van der Waals surface area contributed by atoms with Crippen molar-refractivity contribution in [1.29, 1.82) is 0 Å². The van der Waals surface area contributed by atoms with Gasteiger partial charge in [0.1, 0.15) is 0 Å². The largest absolute Gasteiger partial charge is 0.328 e. The van der Waals surface area contributed by atoms with Crippen LogP contribution in [0.4, 0.5) is 0 Å². The maximum absolute atomic E-state index is 6.38. The molecule has 0 bridgehead atoms. The van der Waals surface area contributed by atoms with Crippen LogP contribution in [0, 0.1) is 34.5 Å². The summed E-state index contributed by atoms with van der Waals surface area (Å²) < 4.78 is 0. The van der Waals surface area contributed by atoms with Crippen molar-refractivity contribution < 1.29 is 0 Å². The van der Waals surface area contributed by atoms with Gasteiger partial charge in [0.25, 0.3) is 0 Å². The maximum atomic E-state index is 6.38. The summed E-state index contributed by atoms with van der Waals surface area (Å²) in [7, 11) is 0.